The summed E-state index contributed by atoms with van der Waals surface area (Å²) >= 11 is 1.45. The molecule has 1 N–H and O–H groups in total. The number of benzene rings is 1. The monoisotopic (exact) mass is 384 g/mol. The summed E-state index contributed by atoms with van der Waals surface area (Å²) in [5.74, 6) is 1.86. The number of amides is 1. The van der Waals surface area contributed by atoms with E-state index in [1.165, 1.54) is 43.9 Å². The van der Waals surface area contributed by atoms with Crippen LogP contribution in [0, 0.1) is 0 Å². The quantitative estimate of drug-likeness (QED) is 0.538. The van der Waals surface area contributed by atoms with Crippen molar-refractivity contribution in [1.29, 1.82) is 0 Å². The minimum absolute atomic E-state index is 0.00345. The van der Waals surface area contributed by atoms with Crippen molar-refractivity contribution in [3.63, 3.8) is 0 Å². The minimum Gasteiger partial charge on any atom is -0.349 e. The molecule has 2 aromatic rings. The maximum absolute atomic E-state index is 12.4. The van der Waals surface area contributed by atoms with Crippen LogP contribution < -0.4 is 5.32 Å². The zero-order chi connectivity index (χ0) is 19.1. The van der Waals surface area contributed by atoms with Gasteiger partial charge in [-0.2, -0.15) is 0 Å². The van der Waals surface area contributed by atoms with E-state index in [4.69, 9.17) is 0 Å². The van der Waals surface area contributed by atoms with Gasteiger partial charge in [-0.25, -0.2) is 0 Å². The van der Waals surface area contributed by atoms with Gasteiger partial charge in [0.15, 0.2) is 5.16 Å². The van der Waals surface area contributed by atoms with Crippen LogP contribution in [0.25, 0.3) is 0 Å². The van der Waals surface area contributed by atoms with Gasteiger partial charge >= 0.3 is 0 Å². The van der Waals surface area contributed by atoms with Crippen molar-refractivity contribution in [3.05, 3.63) is 54.4 Å². The van der Waals surface area contributed by atoms with E-state index in [0.29, 0.717) is 18.2 Å². The smallest absolute Gasteiger partial charge is 0.230 e. The van der Waals surface area contributed by atoms with Crippen LogP contribution in [0.2, 0.25) is 0 Å². The minimum atomic E-state index is -0.0110. The number of nitrogens with zero attached hydrogens (tertiary/aromatic N) is 3. The second kappa shape index (κ2) is 9.74. The van der Waals surface area contributed by atoms with E-state index in [1.807, 2.05) is 43.3 Å². The maximum Gasteiger partial charge on any atom is 0.230 e. The number of carbonyl (C=O) groups excluding carboxylic acids is 1. The highest BCUT2D eigenvalue weighted by atomic mass is 32.2. The topological polar surface area (TPSA) is 59.8 Å². The molecule has 1 heterocycles. The molecule has 3 rings (SSSR count). The standard InChI is InChI=1S/C21H28N4OS/c1-3-14-25-20(18-12-8-5-9-13-18)23-24-21(25)27-15-19(26)22-16(2)17-10-6-4-7-11-17/h3-4,6-7,10-11,16,18H,1,5,8-9,12-15H2,2H3,(H,22,26)/t16-/m1/s1. The van der Waals surface area contributed by atoms with Gasteiger partial charge in [0, 0.05) is 12.5 Å². The molecule has 6 heteroatoms. The molecule has 0 spiro atoms. The zero-order valence-electron chi connectivity index (χ0n) is 15.9. The fourth-order valence-electron chi connectivity index (χ4n) is 3.61. The molecule has 27 heavy (non-hydrogen) atoms. The first kappa shape index (κ1) is 19.7. The molecule has 0 aliphatic heterocycles. The van der Waals surface area contributed by atoms with Gasteiger partial charge in [-0.15, -0.1) is 16.8 Å². The third-order valence-corrected chi connectivity index (χ3v) is 6.00. The summed E-state index contributed by atoms with van der Waals surface area (Å²) < 4.78 is 2.13. The number of carbonyl (C=O) groups is 1. The third-order valence-electron chi connectivity index (χ3n) is 5.04. The first-order valence-corrected chi connectivity index (χ1v) is 10.7. The van der Waals surface area contributed by atoms with Gasteiger partial charge in [0.1, 0.15) is 5.82 Å². The number of nitrogens with one attached hydrogen (secondary N) is 1. The summed E-state index contributed by atoms with van der Waals surface area (Å²) in [5, 5.41) is 12.7. The number of hydrogen-bond donors (Lipinski definition) is 1. The van der Waals surface area contributed by atoms with Crippen LogP contribution in [0.3, 0.4) is 0 Å². The molecule has 1 saturated carbocycles. The van der Waals surface area contributed by atoms with E-state index in [2.05, 4.69) is 26.7 Å². The van der Waals surface area contributed by atoms with Crippen molar-refractivity contribution in [2.24, 2.45) is 0 Å². The normalized spacial score (nSPS) is 16.0. The van der Waals surface area contributed by atoms with Crippen molar-refractivity contribution in [3.8, 4) is 0 Å². The van der Waals surface area contributed by atoms with Gasteiger partial charge in [0.25, 0.3) is 0 Å². The molecule has 144 valence electrons. The lowest BCUT2D eigenvalue weighted by Crippen LogP contribution is -2.28. The first-order chi connectivity index (χ1) is 13.2. The predicted molar refractivity (Wildman–Crippen MR) is 110 cm³/mol. The van der Waals surface area contributed by atoms with E-state index in [0.717, 1.165) is 16.5 Å². The van der Waals surface area contributed by atoms with Gasteiger partial charge in [-0.1, -0.05) is 67.4 Å². The van der Waals surface area contributed by atoms with Crippen LogP contribution in [-0.4, -0.2) is 26.4 Å². The molecule has 5 nitrogen and oxygen atoms in total. The van der Waals surface area contributed by atoms with Crippen LogP contribution in [0.15, 0.2) is 48.1 Å². The maximum atomic E-state index is 12.4. The lowest BCUT2D eigenvalue weighted by Gasteiger charge is -2.21. The fraction of sp³-hybridized carbons (Fsp3) is 0.476. The van der Waals surface area contributed by atoms with Crippen LogP contribution in [0.1, 0.15) is 62.4 Å². The number of allylic oxidation sites excluding steroid dienone is 1. The van der Waals surface area contributed by atoms with E-state index in [1.54, 1.807) is 0 Å². The molecule has 0 radical (unpaired) electrons. The molecular weight excluding hydrogens is 356 g/mol. The molecule has 1 amide bonds. The van der Waals surface area contributed by atoms with Crippen molar-refractivity contribution < 1.29 is 4.79 Å². The second-order valence-corrected chi connectivity index (χ2v) is 8.01. The Labute approximate surface area is 165 Å². The molecule has 0 saturated heterocycles. The van der Waals surface area contributed by atoms with Crippen molar-refractivity contribution >= 4 is 17.7 Å². The SMILES string of the molecule is C=CCn1c(SCC(=O)N[C@H](C)c2ccccc2)nnc1C1CCCCC1. The molecule has 0 unspecified atom stereocenters. The van der Waals surface area contributed by atoms with E-state index in [9.17, 15) is 4.79 Å². The Morgan fingerprint density at radius 1 is 1.30 bits per heavy atom. The van der Waals surface area contributed by atoms with Crippen molar-refractivity contribution in [2.75, 3.05) is 5.75 Å². The Kier molecular flexibility index (Phi) is 7.10. The third kappa shape index (κ3) is 5.22. The molecule has 1 fully saturated rings. The van der Waals surface area contributed by atoms with Gasteiger partial charge in [0.2, 0.25) is 5.91 Å². The first-order valence-electron chi connectivity index (χ1n) is 9.70. The summed E-state index contributed by atoms with van der Waals surface area (Å²) in [4.78, 5) is 12.4. The number of thioether (sulfide) groups is 1. The lowest BCUT2D eigenvalue weighted by atomic mass is 9.89. The van der Waals surface area contributed by atoms with Gasteiger partial charge in [0.05, 0.1) is 11.8 Å². The molecule has 1 aromatic carbocycles. The molecule has 1 aromatic heterocycles. The molecular formula is C21H28N4OS. The molecule has 1 atom stereocenters. The van der Waals surface area contributed by atoms with Crippen LogP contribution in [-0.2, 0) is 11.3 Å². The van der Waals surface area contributed by atoms with Gasteiger partial charge < -0.3 is 9.88 Å². The second-order valence-electron chi connectivity index (χ2n) is 7.06. The number of hydrogen-bond acceptors (Lipinski definition) is 4. The molecule has 0 bridgehead atoms. The Hall–Kier alpha value is -2.08. The van der Waals surface area contributed by atoms with Gasteiger partial charge in [-0.05, 0) is 25.3 Å². The fourth-order valence-corrected chi connectivity index (χ4v) is 4.37. The Morgan fingerprint density at radius 2 is 2.04 bits per heavy atom. The average molecular weight is 385 g/mol. The van der Waals surface area contributed by atoms with Crippen molar-refractivity contribution in [2.45, 2.75) is 62.7 Å². The van der Waals surface area contributed by atoms with Crippen LogP contribution in [0.4, 0.5) is 0 Å². The predicted octanol–water partition coefficient (Wildman–Crippen LogP) is 4.48. The van der Waals surface area contributed by atoms with E-state index in [-0.39, 0.29) is 11.9 Å². The highest BCUT2D eigenvalue weighted by Gasteiger charge is 2.23. The summed E-state index contributed by atoms with van der Waals surface area (Å²) in [5.41, 5.74) is 1.10. The average Bonchev–Trinajstić information content (AvgIpc) is 3.10. The van der Waals surface area contributed by atoms with Crippen LogP contribution >= 0.6 is 11.8 Å². The largest absolute Gasteiger partial charge is 0.349 e. The molecule has 1 aliphatic rings. The molecule has 1 aliphatic carbocycles. The Balaban J connectivity index is 1.60. The summed E-state index contributed by atoms with van der Waals surface area (Å²) in [6.45, 7) is 6.55. The van der Waals surface area contributed by atoms with Crippen molar-refractivity contribution in [1.82, 2.24) is 20.1 Å². The summed E-state index contributed by atoms with van der Waals surface area (Å²) in [6.07, 6.45) is 8.05. The highest BCUT2D eigenvalue weighted by Crippen LogP contribution is 2.33. The Morgan fingerprint density at radius 3 is 2.74 bits per heavy atom. The number of rotatable bonds is 8. The van der Waals surface area contributed by atoms with E-state index >= 15 is 0 Å². The van der Waals surface area contributed by atoms with E-state index < -0.39 is 0 Å². The summed E-state index contributed by atoms with van der Waals surface area (Å²) in [7, 11) is 0. The highest BCUT2D eigenvalue weighted by molar-refractivity contribution is 7.99. The van der Waals surface area contributed by atoms with Gasteiger partial charge in [-0.3, -0.25) is 4.79 Å². The van der Waals surface area contributed by atoms with Crippen LogP contribution in [0.5, 0.6) is 0 Å². The Bertz CT molecular complexity index is 753. The lowest BCUT2D eigenvalue weighted by molar-refractivity contribution is -0.119. The number of aromatic nitrogens is 3. The summed E-state index contributed by atoms with van der Waals surface area (Å²) in [6, 6.07) is 9.98. The zero-order valence-corrected chi connectivity index (χ0v) is 16.8.